The molecule has 0 aliphatic rings. The third-order valence-corrected chi connectivity index (χ3v) is 2.81. The zero-order valence-corrected chi connectivity index (χ0v) is 8.83. The molecule has 0 spiro atoms. The Kier molecular flexibility index (Phi) is 3.96. The molecule has 0 unspecified atom stereocenters. The van der Waals surface area contributed by atoms with Crippen molar-refractivity contribution in [1.29, 1.82) is 0 Å². The lowest BCUT2D eigenvalue weighted by atomic mass is 10.1. The summed E-state index contributed by atoms with van der Waals surface area (Å²) in [6.45, 7) is 2.08. The van der Waals surface area contributed by atoms with Crippen LogP contribution in [-0.2, 0) is 6.42 Å². The predicted molar refractivity (Wildman–Crippen MR) is 57.5 cm³/mol. The largest absolute Gasteiger partial charge is 0.143 e. The van der Waals surface area contributed by atoms with Crippen LogP contribution in [0.4, 0.5) is 0 Å². The van der Waals surface area contributed by atoms with Gasteiger partial charge in [-0.05, 0) is 30.9 Å². The van der Waals surface area contributed by atoms with Crippen molar-refractivity contribution in [3.8, 4) is 0 Å². The number of benzene rings is 1. The molecule has 0 fully saturated rings. The zero-order valence-electron chi connectivity index (χ0n) is 7.18. The Morgan fingerprint density at radius 1 is 1.42 bits per heavy atom. The Morgan fingerprint density at radius 2 is 2.17 bits per heavy atom. The van der Waals surface area contributed by atoms with E-state index in [0.29, 0.717) is 0 Å². The van der Waals surface area contributed by atoms with Gasteiger partial charge in [-0.15, -0.1) is 24.2 Å². The number of rotatable bonds is 3. The monoisotopic (exact) mass is 200 g/mol. The number of thiol groups is 1. The molecule has 1 rings (SSSR count). The summed E-state index contributed by atoms with van der Waals surface area (Å²) < 4.78 is 0. The summed E-state index contributed by atoms with van der Waals surface area (Å²) in [5, 5.41) is 0. The second-order valence-corrected chi connectivity index (χ2v) is 3.70. The van der Waals surface area contributed by atoms with E-state index in [2.05, 4.69) is 37.8 Å². The van der Waals surface area contributed by atoms with E-state index in [1.165, 1.54) is 11.1 Å². The van der Waals surface area contributed by atoms with Crippen molar-refractivity contribution in [3.63, 3.8) is 0 Å². The molecule has 12 heavy (non-hydrogen) atoms. The number of aryl methyl sites for hydroxylation is 2. The van der Waals surface area contributed by atoms with E-state index >= 15 is 0 Å². The minimum atomic E-state index is 0.723. The van der Waals surface area contributed by atoms with E-state index in [0.717, 1.165) is 23.6 Å². The molecule has 0 radical (unpaired) electrons. The maximum absolute atomic E-state index is 5.62. The van der Waals surface area contributed by atoms with Gasteiger partial charge in [-0.25, -0.2) is 0 Å². The van der Waals surface area contributed by atoms with E-state index < -0.39 is 0 Å². The molecule has 1 aromatic rings. The van der Waals surface area contributed by atoms with Crippen LogP contribution in [0.2, 0.25) is 0 Å². The SMILES string of the molecule is Cc1cccc(CCCCl)c1S. The van der Waals surface area contributed by atoms with Crippen molar-refractivity contribution in [2.24, 2.45) is 0 Å². The summed E-state index contributed by atoms with van der Waals surface area (Å²) in [5.74, 6) is 0.723. The number of halogens is 1. The lowest BCUT2D eigenvalue weighted by Crippen LogP contribution is -1.90. The quantitative estimate of drug-likeness (QED) is 0.561. The van der Waals surface area contributed by atoms with Crippen LogP contribution >= 0.6 is 24.2 Å². The molecule has 0 heterocycles. The van der Waals surface area contributed by atoms with Crippen LogP contribution in [-0.4, -0.2) is 5.88 Å². The van der Waals surface area contributed by atoms with Gasteiger partial charge in [0.25, 0.3) is 0 Å². The van der Waals surface area contributed by atoms with Crippen LogP contribution < -0.4 is 0 Å². The summed E-state index contributed by atoms with van der Waals surface area (Å²) >= 11 is 10.1. The Bertz CT molecular complexity index is 258. The van der Waals surface area contributed by atoms with Gasteiger partial charge in [-0.3, -0.25) is 0 Å². The second-order valence-electron chi connectivity index (χ2n) is 2.88. The Morgan fingerprint density at radius 3 is 2.83 bits per heavy atom. The van der Waals surface area contributed by atoms with Gasteiger partial charge in [-0.2, -0.15) is 0 Å². The summed E-state index contributed by atoms with van der Waals surface area (Å²) in [6.07, 6.45) is 2.06. The Balaban J connectivity index is 2.78. The number of alkyl halides is 1. The van der Waals surface area contributed by atoms with Crippen molar-refractivity contribution >= 4 is 24.2 Å². The first kappa shape index (κ1) is 9.94. The fourth-order valence-corrected chi connectivity index (χ4v) is 1.57. The van der Waals surface area contributed by atoms with Crippen LogP contribution in [0, 0.1) is 6.92 Å². The van der Waals surface area contributed by atoms with Crippen molar-refractivity contribution in [2.45, 2.75) is 24.7 Å². The summed E-state index contributed by atoms with van der Waals surface area (Å²) in [4.78, 5) is 1.11. The van der Waals surface area contributed by atoms with Crippen molar-refractivity contribution in [2.75, 3.05) is 5.88 Å². The molecule has 0 bridgehead atoms. The van der Waals surface area contributed by atoms with Crippen molar-refractivity contribution < 1.29 is 0 Å². The van der Waals surface area contributed by atoms with Gasteiger partial charge in [0.2, 0.25) is 0 Å². The van der Waals surface area contributed by atoms with Crippen LogP contribution in [0.25, 0.3) is 0 Å². The van der Waals surface area contributed by atoms with Gasteiger partial charge in [0.15, 0.2) is 0 Å². The van der Waals surface area contributed by atoms with Gasteiger partial charge in [0, 0.05) is 10.8 Å². The molecule has 1 aromatic carbocycles. The highest BCUT2D eigenvalue weighted by atomic mass is 35.5. The molecule has 66 valence electrons. The first-order valence-electron chi connectivity index (χ1n) is 4.09. The fourth-order valence-electron chi connectivity index (χ4n) is 1.18. The Labute approximate surface area is 84.3 Å². The smallest absolute Gasteiger partial charge is 0.0226 e. The first-order valence-corrected chi connectivity index (χ1v) is 5.07. The molecule has 0 saturated heterocycles. The highest BCUT2D eigenvalue weighted by molar-refractivity contribution is 7.80. The Hall–Kier alpha value is -0.140. The van der Waals surface area contributed by atoms with E-state index in [9.17, 15) is 0 Å². The third kappa shape index (κ3) is 2.43. The van der Waals surface area contributed by atoms with E-state index in [1.54, 1.807) is 0 Å². The number of hydrogen-bond donors (Lipinski definition) is 1. The lowest BCUT2D eigenvalue weighted by molar-refractivity contribution is 0.903. The van der Waals surface area contributed by atoms with E-state index in [4.69, 9.17) is 11.6 Å². The molecule has 0 saturated carbocycles. The average molecular weight is 201 g/mol. The molecule has 2 heteroatoms. The first-order chi connectivity index (χ1) is 5.75. The molecule has 0 N–H and O–H groups in total. The minimum Gasteiger partial charge on any atom is -0.143 e. The average Bonchev–Trinajstić information content (AvgIpc) is 2.08. The minimum absolute atomic E-state index is 0.723. The van der Waals surface area contributed by atoms with Crippen LogP contribution in [0.1, 0.15) is 17.5 Å². The molecule has 0 nitrogen and oxygen atoms in total. The van der Waals surface area contributed by atoms with E-state index in [-0.39, 0.29) is 0 Å². The highest BCUT2D eigenvalue weighted by Gasteiger charge is 1.99. The third-order valence-electron chi connectivity index (χ3n) is 1.90. The predicted octanol–water partition coefficient (Wildman–Crippen LogP) is 3.46. The lowest BCUT2D eigenvalue weighted by Gasteiger charge is -2.05. The van der Waals surface area contributed by atoms with Gasteiger partial charge >= 0.3 is 0 Å². The molecular weight excluding hydrogens is 188 g/mol. The molecule has 0 aliphatic heterocycles. The summed E-state index contributed by atoms with van der Waals surface area (Å²) in [7, 11) is 0. The fraction of sp³-hybridized carbons (Fsp3) is 0.400. The normalized spacial score (nSPS) is 10.2. The van der Waals surface area contributed by atoms with Gasteiger partial charge in [0.05, 0.1) is 0 Å². The number of hydrogen-bond acceptors (Lipinski definition) is 1. The summed E-state index contributed by atoms with van der Waals surface area (Å²) in [6, 6.07) is 6.26. The van der Waals surface area contributed by atoms with Crippen LogP contribution in [0.3, 0.4) is 0 Å². The van der Waals surface area contributed by atoms with Crippen molar-refractivity contribution in [1.82, 2.24) is 0 Å². The maximum Gasteiger partial charge on any atom is 0.0226 e. The van der Waals surface area contributed by atoms with Crippen molar-refractivity contribution in [3.05, 3.63) is 29.3 Å². The van der Waals surface area contributed by atoms with Gasteiger partial charge < -0.3 is 0 Å². The molecule has 0 aliphatic carbocycles. The molecular formula is C10H13ClS. The van der Waals surface area contributed by atoms with Gasteiger partial charge in [-0.1, -0.05) is 18.2 Å². The zero-order chi connectivity index (χ0) is 8.97. The second kappa shape index (κ2) is 4.78. The standard InChI is InChI=1S/C10H13ClS/c1-8-4-2-5-9(10(8)12)6-3-7-11/h2,4-5,12H,3,6-7H2,1H3. The van der Waals surface area contributed by atoms with Crippen LogP contribution in [0.5, 0.6) is 0 Å². The topological polar surface area (TPSA) is 0 Å². The highest BCUT2D eigenvalue weighted by Crippen LogP contribution is 2.19. The maximum atomic E-state index is 5.62. The van der Waals surface area contributed by atoms with Crippen LogP contribution in [0.15, 0.2) is 23.1 Å². The molecule has 0 amide bonds. The molecule has 0 aromatic heterocycles. The van der Waals surface area contributed by atoms with E-state index in [1.807, 2.05) is 0 Å². The summed E-state index contributed by atoms with van der Waals surface area (Å²) in [5.41, 5.74) is 2.55. The molecule has 0 atom stereocenters. The van der Waals surface area contributed by atoms with Gasteiger partial charge in [0.1, 0.15) is 0 Å².